The summed E-state index contributed by atoms with van der Waals surface area (Å²) in [5, 5.41) is 6.89. The van der Waals surface area contributed by atoms with Gasteiger partial charge in [0, 0.05) is 11.7 Å². The first-order chi connectivity index (χ1) is 8.74. The number of carbonyl (C=O) groups is 2. The first kappa shape index (κ1) is 15.2. The lowest BCUT2D eigenvalue weighted by atomic mass is 10.1. The Bertz CT molecular complexity index is 460. The van der Waals surface area contributed by atoms with Gasteiger partial charge in [-0.2, -0.15) is 5.10 Å². The maximum atomic E-state index is 12.0. The summed E-state index contributed by atoms with van der Waals surface area (Å²) in [7, 11) is 0. The van der Waals surface area contributed by atoms with Crippen LogP contribution in [0.2, 0.25) is 0 Å². The van der Waals surface area contributed by atoms with Crippen LogP contribution in [0.15, 0.2) is 12.4 Å². The lowest BCUT2D eigenvalue weighted by Gasteiger charge is -2.23. The van der Waals surface area contributed by atoms with Crippen LogP contribution in [0.25, 0.3) is 0 Å². The molecule has 106 valence electrons. The Kier molecular flexibility index (Phi) is 4.69. The molecular formula is C13H21N3O3. The van der Waals surface area contributed by atoms with Gasteiger partial charge < -0.3 is 10.1 Å². The number of aromatic nitrogens is 2. The average molecular weight is 267 g/mol. The van der Waals surface area contributed by atoms with E-state index < -0.39 is 12.0 Å². The number of carbonyl (C=O) groups excluding carboxylic acids is 2. The van der Waals surface area contributed by atoms with E-state index >= 15 is 0 Å². The predicted octanol–water partition coefficient (Wildman–Crippen LogP) is 1.54. The molecule has 1 heterocycles. The number of rotatable bonds is 4. The smallest absolute Gasteiger partial charge is 0.341 e. The highest BCUT2D eigenvalue weighted by Gasteiger charge is 2.22. The summed E-state index contributed by atoms with van der Waals surface area (Å²) in [6, 6.07) is -0.484. The van der Waals surface area contributed by atoms with Crippen LogP contribution in [0, 0.1) is 0 Å². The predicted molar refractivity (Wildman–Crippen MR) is 70.8 cm³/mol. The van der Waals surface area contributed by atoms with Crippen LogP contribution in [0.4, 0.5) is 0 Å². The molecule has 0 saturated carbocycles. The first-order valence-corrected chi connectivity index (χ1v) is 6.28. The number of nitrogens with zero attached hydrogens (tertiary/aromatic N) is 2. The van der Waals surface area contributed by atoms with E-state index in [2.05, 4.69) is 10.4 Å². The van der Waals surface area contributed by atoms with E-state index in [4.69, 9.17) is 4.74 Å². The number of esters is 1. The molecule has 1 aromatic rings. The van der Waals surface area contributed by atoms with E-state index in [0.717, 1.165) is 0 Å². The molecule has 0 spiro atoms. The second-order valence-electron chi connectivity index (χ2n) is 5.34. The minimum absolute atomic E-state index is 0.147. The molecule has 1 N–H and O–H groups in total. The van der Waals surface area contributed by atoms with Gasteiger partial charge in [0.2, 0.25) is 5.91 Å². The number of ether oxygens (including phenoxy) is 1. The van der Waals surface area contributed by atoms with Crippen LogP contribution in [-0.4, -0.2) is 33.8 Å². The average Bonchev–Trinajstić information content (AvgIpc) is 2.75. The Morgan fingerprint density at radius 3 is 2.63 bits per heavy atom. The Morgan fingerprint density at radius 2 is 2.11 bits per heavy atom. The molecule has 0 aliphatic carbocycles. The lowest BCUT2D eigenvalue weighted by molar-refractivity contribution is -0.125. The zero-order valence-electron chi connectivity index (χ0n) is 12.1. The largest absolute Gasteiger partial charge is 0.462 e. The minimum atomic E-state index is -0.484. The van der Waals surface area contributed by atoms with Crippen molar-refractivity contribution in [2.45, 2.75) is 46.2 Å². The monoisotopic (exact) mass is 267 g/mol. The number of nitrogens with one attached hydrogen (secondary N) is 1. The van der Waals surface area contributed by atoms with E-state index in [1.165, 1.54) is 17.1 Å². The maximum Gasteiger partial charge on any atom is 0.341 e. The SMILES string of the molecule is CCOC(=O)c1cnn(C(C)C(=O)NC(C)(C)C)c1. The molecule has 0 aliphatic rings. The fourth-order valence-corrected chi connectivity index (χ4v) is 1.46. The van der Waals surface area contributed by atoms with Gasteiger partial charge in [-0.05, 0) is 34.6 Å². The molecule has 0 aliphatic heterocycles. The molecule has 1 unspecified atom stereocenters. The van der Waals surface area contributed by atoms with Gasteiger partial charge in [0.15, 0.2) is 0 Å². The van der Waals surface area contributed by atoms with Crippen LogP contribution in [0.5, 0.6) is 0 Å². The fraction of sp³-hybridized carbons (Fsp3) is 0.615. The Hall–Kier alpha value is -1.85. The second-order valence-corrected chi connectivity index (χ2v) is 5.34. The van der Waals surface area contributed by atoms with Gasteiger partial charge in [0.05, 0.1) is 18.4 Å². The van der Waals surface area contributed by atoms with Crippen molar-refractivity contribution < 1.29 is 14.3 Å². The van der Waals surface area contributed by atoms with Crippen molar-refractivity contribution in [2.75, 3.05) is 6.61 Å². The first-order valence-electron chi connectivity index (χ1n) is 6.28. The molecule has 1 amide bonds. The molecule has 0 aromatic carbocycles. The molecule has 1 aromatic heterocycles. The van der Waals surface area contributed by atoms with Gasteiger partial charge in [-0.15, -0.1) is 0 Å². The standard InChI is InChI=1S/C13H21N3O3/c1-6-19-12(18)10-7-14-16(8-10)9(2)11(17)15-13(3,4)5/h7-9H,6H2,1-5H3,(H,15,17). The third kappa shape index (κ3) is 4.39. The molecule has 0 radical (unpaired) electrons. The molecular weight excluding hydrogens is 246 g/mol. The fourth-order valence-electron chi connectivity index (χ4n) is 1.46. The summed E-state index contributed by atoms with van der Waals surface area (Å²) < 4.78 is 6.32. The summed E-state index contributed by atoms with van der Waals surface area (Å²) in [6.07, 6.45) is 2.92. The van der Waals surface area contributed by atoms with E-state index in [-0.39, 0.29) is 11.4 Å². The quantitative estimate of drug-likeness (QED) is 0.840. The van der Waals surface area contributed by atoms with E-state index in [1.54, 1.807) is 13.8 Å². The van der Waals surface area contributed by atoms with Gasteiger partial charge in [0.1, 0.15) is 6.04 Å². The van der Waals surface area contributed by atoms with E-state index in [0.29, 0.717) is 12.2 Å². The molecule has 0 fully saturated rings. The zero-order chi connectivity index (χ0) is 14.6. The molecule has 6 heteroatoms. The Morgan fingerprint density at radius 1 is 1.47 bits per heavy atom. The van der Waals surface area contributed by atoms with Crippen LogP contribution in [0.3, 0.4) is 0 Å². The number of hydrogen-bond donors (Lipinski definition) is 1. The van der Waals surface area contributed by atoms with Gasteiger partial charge in [-0.25, -0.2) is 4.79 Å². The van der Waals surface area contributed by atoms with Crippen LogP contribution in [-0.2, 0) is 9.53 Å². The topological polar surface area (TPSA) is 73.2 Å². The van der Waals surface area contributed by atoms with Crippen LogP contribution in [0.1, 0.15) is 51.0 Å². The number of hydrogen-bond acceptors (Lipinski definition) is 4. The van der Waals surface area contributed by atoms with Crippen molar-refractivity contribution in [3.8, 4) is 0 Å². The highest BCUT2D eigenvalue weighted by atomic mass is 16.5. The van der Waals surface area contributed by atoms with E-state index in [1.807, 2.05) is 20.8 Å². The maximum absolute atomic E-state index is 12.0. The van der Waals surface area contributed by atoms with Gasteiger partial charge >= 0.3 is 5.97 Å². The highest BCUT2D eigenvalue weighted by Crippen LogP contribution is 2.10. The van der Waals surface area contributed by atoms with E-state index in [9.17, 15) is 9.59 Å². The van der Waals surface area contributed by atoms with Crippen molar-refractivity contribution in [2.24, 2.45) is 0 Å². The molecule has 1 atom stereocenters. The van der Waals surface area contributed by atoms with Crippen LogP contribution < -0.4 is 5.32 Å². The molecule has 1 rings (SSSR count). The van der Waals surface area contributed by atoms with Gasteiger partial charge in [-0.1, -0.05) is 0 Å². The van der Waals surface area contributed by atoms with Gasteiger partial charge in [-0.3, -0.25) is 9.48 Å². The van der Waals surface area contributed by atoms with Crippen LogP contribution >= 0.6 is 0 Å². The second kappa shape index (κ2) is 5.86. The summed E-state index contributed by atoms with van der Waals surface area (Å²) in [4.78, 5) is 23.5. The molecule has 0 bridgehead atoms. The Labute approximate surface area is 113 Å². The van der Waals surface area contributed by atoms with Crippen molar-refractivity contribution in [3.63, 3.8) is 0 Å². The van der Waals surface area contributed by atoms with Gasteiger partial charge in [0.25, 0.3) is 0 Å². The summed E-state index contributed by atoms with van der Waals surface area (Å²) in [5.74, 6) is -0.580. The highest BCUT2D eigenvalue weighted by molar-refractivity contribution is 5.89. The van der Waals surface area contributed by atoms with Crippen molar-refractivity contribution >= 4 is 11.9 Å². The third-order valence-corrected chi connectivity index (χ3v) is 2.39. The van der Waals surface area contributed by atoms with Crippen molar-refractivity contribution in [1.82, 2.24) is 15.1 Å². The lowest BCUT2D eigenvalue weighted by Crippen LogP contribution is -2.43. The Balaban J connectivity index is 2.76. The summed E-state index contributed by atoms with van der Waals surface area (Å²) >= 11 is 0. The summed E-state index contributed by atoms with van der Waals surface area (Å²) in [6.45, 7) is 9.50. The molecule has 0 saturated heterocycles. The number of amides is 1. The molecule has 19 heavy (non-hydrogen) atoms. The minimum Gasteiger partial charge on any atom is -0.462 e. The zero-order valence-corrected chi connectivity index (χ0v) is 12.1. The normalized spacial score (nSPS) is 12.9. The third-order valence-electron chi connectivity index (χ3n) is 2.39. The van der Waals surface area contributed by atoms with Crippen molar-refractivity contribution in [3.05, 3.63) is 18.0 Å². The summed E-state index contributed by atoms with van der Waals surface area (Å²) in [5.41, 5.74) is 0.0416. The van der Waals surface area contributed by atoms with Crippen molar-refractivity contribution in [1.29, 1.82) is 0 Å². The molecule has 6 nitrogen and oxygen atoms in total.